The first-order chi connectivity index (χ1) is 13.4. The van der Waals surface area contributed by atoms with E-state index in [9.17, 15) is 9.59 Å². The average Bonchev–Trinajstić information content (AvgIpc) is 2.95. The van der Waals surface area contributed by atoms with Gasteiger partial charge >= 0.3 is 11.9 Å². The first-order valence-electron chi connectivity index (χ1n) is 9.25. The summed E-state index contributed by atoms with van der Waals surface area (Å²) in [4.78, 5) is 27.5. The smallest absolute Gasteiger partial charge is 0.338 e. The van der Waals surface area contributed by atoms with E-state index in [-0.39, 0.29) is 17.6 Å². The van der Waals surface area contributed by atoms with Gasteiger partial charge in [0.25, 0.3) is 0 Å². The highest BCUT2D eigenvalue weighted by Gasteiger charge is 2.51. The van der Waals surface area contributed by atoms with Gasteiger partial charge in [-0.15, -0.1) is 0 Å². The number of esters is 2. The zero-order chi connectivity index (χ0) is 20.4. The Morgan fingerprint density at radius 1 is 1.00 bits per heavy atom. The molecule has 28 heavy (non-hydrogen) atoms. The van der Waals surface area contributed by atoms with Crippen LogP contribution in [0.5, 0.6) is 17.2 Å². The molecule has 2 heterocycles. The fourth-order valence-electron chi connectivity index (χ4n) is 4.39. The number of fused-ring (bicyclic) bond motifs is 2. The van der Waals surface area contributed by atoms with Crippen molar-refractivity contribution in [2.24, 2.45) is 5.92 Å². The van der Waals surface area contributed by atoms with Crippen LogP contribution in [0, 0.1) is 5.92 Å². The van der Waals surface area contributed by atoms with Crippen LogP contribution in [-0.2, 0) is 14.3 Å². The van der Waals surface area contributed by atoms with E-state index >= 15 is 0 Å². The Hall–Kier alpha value is -2.48. The molecule has 0 unspecified atom stereocenters. The van der Waals surface area contributed by atoms with Crippen LogP contribution in [0.25, 0.3) is 0 Å². The molecule has 0 aromatic heterocycles. The zero-order valence-corrected chi connectivity index (χ0v) is 16.9. The summed E-state index contributed by atoms with van der Waals surface area (Å²) in [6.45, 7) is 0. The number of rotatable bonds is 6. The lowest BCUT2D eigenvalue weighted by atomic mass is 9.87. The molecule has 1 aromatic rings. The van der Waals surface area contributed by atoms with Crippen LogP contribution >= 0.6 is 0 Å². The van der Waals surface area contributed by atoms with Crippen molar-refractivity contribution in [1.82, 2.24) is 4.90 Å². The maximum absolute atomic E-state index is 12.9. The summed E-state index contributed by atoms with van der Waals surface area (Å²) in [6, 6.07) is 3.40. The van der Waals surface area contributed by atoms with Crippen LogP contribution in [0.1, 0.15) is 29.6 Å². The van der Waals surface area contributed by atoms with E-state index in [4.69, 9.17) is 23.7 Å². The van der Waals surface area contributed by atoms with Gasteiger partial charge in [-0.2, -0.15) is 0 Å². The van der Waals surface area contributed by atoms with Gasteiger partial charge in [0.2, 0.25) is 5.75 Å². The van der Waals surface area contributed by atoms with Crippen molar-refractivity contribution in [2.75, 3.05) is 35.5 Å². The summed E-state index contributed by atoms with van der Waals surface area (Å²) >= 11 is 0. The fourth-order valence-corrected chi connectivity index (χ4v) is 4.39. The van der Waals surface area contributed by atoms with Gasteiger partial charge < -0.3 is 23.7 Å². The molecular formula is C20H27NO7. The van der Waals surface area contributed by atoms with Gasteiger partial charge in [0.1, 0.15) is 12.0 Å². The normalized spacial score (nSPS) is 26.5. The monoisotopic (exact) mass is 393 g/mol. The molecule has 2 saturated heterocycles. The van der Waals surface area contributed by atoms with E-state index in [1.807, 2.05) is 7.05 Å². The Labute approximate surface area is 164 Å². The van der Waals surface area contributed by atoms with Gasteiger partial charge in [-0.05, 0) is 32.0 Å². The minimum absolute atomic E-state index is 0.0175. The van der Waals surface area contributed by atoms with Crippen LogP contribution < -0.4 is 14.2 Å². The molecule has 3 rings (SSSR count). The van der Waals surface area contributed by atoms with Crippen molar-refractivity contribution in [3.63, 3.8) is 0 Å². The lowest BCUT2D eigenvalue weighted by Crippen LogP contribution is -2.53. The van der Waals surface area contributed by atoms with E-state index in [1.54, 1.807) is 12.1 Å². The van der Waals surface area contributed by atoms with Crippen molar-refractivity contribution < 1.29 is 33.3 Å². The molecule has 0 spiro atoms. The van der Waals surface area contributed by atoms with E-state index < -0.39 is 18.0 Å². The molecule has 4 atom stereocenters. The van der Waals surface area contributed by atoms with Crippen LogP contribution in [0.4, 0.5) is 0 Å². The number of nitrogens with zero attached hydrogens (tertiary/aromatic N) is 1. The second-order valence-electron chi connectivity index (χ2n) is 7.11. The summed E-state index contributed by atoms with van der Waals surface area (Å²) < 4.78 is 26.7. The topological polar surface area (TPSA) is 83.5 Å². The molecule has 2 fully saturated rings. The van der Waals surface area contributed by atoms with Gasteiger partial charge in [-0.25, -0.2) is 4.79 Å². The van der Waals surface area contributed by atoms with E-state index in [2.05, 4.69) is 4.90 Å². The van der Waals surface area contributed by atoms with Crippen molar-refractivity contribution in [3.05, 3.63) is 17.7 Å². The largest absolute Gasteiger partial charge is 0.493 e. The summed E-state index contributed by atoms with van der Waals surface area (Å²) in [7, 11) is 7.83. The number of piperidine rings is 1. The highest BCUT2D eigenvalue weighted by Crippen LogP contribution is 2.41. The van der Waals surface area contributed by atoms with Crippen molar-refractivity contribution in [3.8, 4) is 17.2 Å². The highest BCUT2D eigenvalue weighted by molar-refractivity contribution is 5.91. The second-order valence-corrected chi connectivity index (χ2v) is 7.11. The van der Waals surface area contributed by atoms with Gasteiger partial charge in [0.15, 0.2) is 11.5 Å². The van der Waals surface area contributed by atoms with Gasteiger partial charge in [-0.3, -0.25) is 9.69 Å². The lowest BCUT2D eigenvalue weighted by molar-refractivity contribution is -0.156. The van der Waals surface area contributed by atoms with Gasteiger partial charge in [-0.1, -0.05) is 0 Å². The van der Waals surface area contributed by atoms with Crippen LogP contribution in [-0.4, -0.2) is 70.5 Å². The number of benzene rings is 1. The Morgan fingerprint density at radius 2 is 1.64 bits per heavy atom. The Bertz CT molecular complexity index is 725. The molecular weight excluding hydrogens is 366 g/mol. The number of ether oxygens (including phenoxy) is 5. The molecule has 0 radical (unpaired) electrons. The number of hydrogen-bond acceptors (Lipinski definition) is 8. The van der Waals surface area contributed by atoms with E-state index in [1.165, 1.54) is 28.4 Å². The first-order valence-corrected chi connectivity index (χ1v) is 9.25. The quantitative estimate of drug-likeness (QED) is 0.678. The standard InChI is InChI=1S/C20H27NO7/c1-21-12-6-7-13(21)17(20(23)27-5)14(10-12)28-19(22)11-8-15(24-2)18(26-4)16(9-11)25-3/h8-9,12-14,17H,6-7,10H2,1-5H3/t12-,13+,14-,17+/m0/s1. The third kappa shape index (κ3) is 3.48. The van der Waals surface area contributed by atoms with Crippen molar-refractivity contribution >= 4 is 11.9 Å². The Morgan fingerprint density at radius 3 is 2.18 bits per heavy atom. The maximum Gasteiger partial charge on any atom is 0.338 e. The van der Waals surface area contributed by atoms with Crippen LogP contribution in [0.15, 0.2) is 12.1 Å². The average molecular weight is 393 g/mol. The summed E-state index contributed by atoms with van der Waals surface area (Å²) in [6.07, 6.45) is 1.93. The number of hydrogen-bond donors (Lipinski definition) is 0. The number of carbonyl (C=O) groups is 2. The molecule has 154 valence electrons. The molecule has 0 amide bonds. The molecule has 0 N–H and O–H groups in total. The summed E-state index contributed by atoms with van der Waals surface area (Å²) in [5.41, 5.74) is 0.268. The van der Waals surface area contributed by atoms with Crippen LogP contribution in [0.3, 0.4) is 0 Å². The number of carbonyl (C=O) groups excluding carboxylic acids is 2. The SMILES string of the molecule is COC(=O)[C@H]1[C@@H](OC(=O)c2cc(OC)c(OC)c(OC)c2)C[C@@H]2CC[C@H]1N2C. The molecule has 2 aliphatic heterocycles. The number of methoxy groups -OCH3 is 4. The van der Waals surface area contributed by atoms with Gasteiger partial charge in [0.05, 0.1) is 34.0 Å². The Kier molecular flexibility index (Phi) is 5.98. The van der Waals surface area contributed by atoms with E-state index in [0.29, 0.717) is 29.7 Å². The predicted molar refractivity (Wildman–Crippen MR) is 100.0 cm³/mol. The Balaban J connectivity index is 1.86. The maximum atomic E-state index is 12.9. The minimum atomic E-state index is -0.540. The fraction of sp³-hybridized carbons (Fsp3) is 0.600. The molecule has 1 aromatic carbocycles. The second kappa shape index (κ2) is 8.26. The first kappa shape index (κ1) is 20.3. The van der Waals surface area contributed by atoms with Gasteiger partial charge in [0, 0.05) is 18.5 Å². The molecule has 0 aliphatic carbocycles. The van der Waals surface area contributed by atoms with E-state index in [0.717, 1.165) is 12.8 Å². The summed E-state index contributed by atoms with van der Waals surface area (Å²) in [5, 5.41) is 0. The molecule has 2 aliphatic rings. The third-order valence-electron chi connectivity index (χ3n) is 5.85. The minimum Gasteiger partial charge on any atom is -0.493 e. The van der Waals surface area contributed by atoms with Crippen molar-refractivity contribution in [1.29, 1.82) is 0 Å². The lowest BCUT2D eigenvalue weighted by Gasteiger charge is -2.40. The van der Waals surface area contributed by atoms with Crippen molar-refractivity contribution in [2.45, 2.75) is 37.5 Å². The molecule has 0 saturated carbocycles. The zero-order valence-electron chi connectivity index (χ0n) is 16.9. The third-order valence-corrected chi connectivity index (χ3v) is 5.85. The molecule has 8 nitrogen and oxygen atoms in total. The highest BCUT2D eigenvalue weighted by atomic mass is 16.6. The van der Waals surface area contributed by atoms with Crippen LogP contribution in [0.2, 0.25) is 0 Å². The molecule has 8 heteroatoms. The summed E-state index contributed by atoms with van der Waals surface area (Å²) in [5.74, 6) is -0.267. The molecule has 2 bridgehead atoms. The predicted octanol–water partition coefficient (Wildman–Crippen LogP) is 1.89.